The maximum Gasteiger partial charge on any atom is 0.338 e. The molecule has 0 atom stereocenters. The first kappa shape index (κ1) is 15.2. The molecule has 104 valence electrons. The van der Waals surface area contributed by atoms with Gasteiger partial charge in [0.1, 0.15) is 4.90 Å². The van der Waals surface area contributed by atoms with Gasteiger partial charge in [0, 0.05) is 16.7 Å². The van der Waals surface area contributed by atoms with E-state index in [1.807, 2.05) is 0 Å². The second-order valence-electron chi connectivity index (χ2n) is 3.21. The number of carbonyl (C=O) groups is 1. The Morgan fingerprint density at radius 3 is 2.32 bits per heavy atom. The van der Waals surface area contributed by atoms with Crippen LogP contribution in [0.2, 0.25) is 0 Å². The predicted octanol–water partition coefficient (Wildman–Crippen LogP) is 1.32. The van der Waals surface area contributed by atoms with E-state index in [2.05, 4.69) is 9.47 Å². The summed E-state index contributed by atoms with van der Waals surface area (Å²) in [6.07, 6.45) is 0. The van der Waals surface area contributed by atoms with Crippen molar-refractivity contribution >= 4 is 31.4 Å². The van der Waals surface area contributed by atoms with Gasteiger partial charge in [-0.05, 0) is 6.07 Å². The first-order valence-electron chi connectivity index (χ1n) is 4.61. The molecule has 0 spiro atoms. The van der Waals surface area contributed by atoms with Crippen molar-refractivity contribution in [1.29, 1.82) is 0 Å². The minimum absolute atomic E-state index is 0.325. The van der Waals surface area contributed by atoms with Crippen molar-refractivity contribution in [2.45, 2.75) is 4.90 Å². The smallest absolute Gasteiger partial charge is 0.338 e. The van der Waals surface area contributed by atoms with E-state index in [0.29, 0.717) is 0 Å². The molecule has 0 saturated heterocycles. The highest BCUT2D eigenvalue weighted by Crippen LogP contribution is 2.37. The summed E-state index contributed by atoms with van der Waals surface area (Å²) in [4.78, 5) is 20.6. The largest absolute Gasteiger partial charge is 0.489 e. The van der Waals surface area contributed by atoms with Crippen LogP contribution in [0.25, 0.3) is 0 Å². The number of esters is 1. The number of carbonyl (C=O) groups excluding carboxylic acids is 1. The average molecular weight is 310 g/mol. The van der Waals surface area contributed by atoms with Crippen LogP contribution in [0.1, 0.15) is 10.4 Å². The maximum absolute atomic E-state index is 11.4. The number of nitro groups is 1. The number of nitrogens with zero attached hydrogens (tertiary/aromatic N) is 1. The maximum atomic E-state index is 11.4. The standard InChI is InChI=1S/C9H8ClNO7S/c1-17-8-6(11(13)14)3-5(9(12)18-2)4-7(8)19(10,15)16/h3-4H,1-2H3. The molecule has 0 aliphatic heterocycles. The molecule has 1 aromatic rings. The zero-order valence-electron chi connectivity index (χ0n) is 9.75. The summed E-state index contributed by atoms with van der Waals surface area (Å²) in [5.74, 6) is -1.49. The van der Waals surface area contributed by atoms with Gasteiger partial charge in [-0.2, -0.15) is 0 Å². The Morgan fingerprint density at radius 1 is 1.37 bits per heavy atom. The second-order valence-corrected chi connectivity index (χ2v) is 5.75. The molecule has 0 aromatic heterocycles. The molecule has 0 bridgehead atoms. The number of benzene rings is 1. The van der Waals surface area contributed by atoms with Crippen LogP contribution in [0, 0.1) is 10.1 Å². The van der Waals surface area contributed by atoms with Crippen LogP contribution in [0.4, 0.5) is 5.69 Å². The molecule has 0 saturated carbocycles. The fraction of sp³-hybridized carbons (Fsp3) is 0.222. The number of methoxy groups -OCH3 is 2. The zero-order valence-corrected chi connectivity index (χ0v) is 11.3. The summed E-state index contributed by atoms with van der Waals surface area (Å²) < 4.78 is 31.8. The van der Waals surface area contributed by atoms with E-state index in [0.717, 1.165) is 26.4 Å². The van der Waals surface area contributed by atoms with Crippen molar-refractivity contribution in [2.24, 2.45) is 0 Å². The van der Waals surface area contributed by atoms with Gasteiger partial charge >= 0.3 is 11.7 Å². The lowest BCUT2D eigenvalue weighted by Gasteiger charge is -2.08. The highest BCUT2D eigenvalue weighted by molar-refractivity contribution is 8.13. The minimum Gasteiger partial charge on any atom is -0.489 e. The van der Waals surface area contributed by atoms with Crippen LogP contribution in [0.3, 0.4) is 0 Å². The number of hydrogen-bond acceptors (Lipinski definition) is 7. The van der Waals surface area contributed by atoms with Gasteiger partial charge in [0.2, 0.25) is 5.75 Å². The Morgan fingerprint density at radius 2 is 1.95 bits per heavy atom. The van der Waals surface area contributed by atoms with Crippen molar-refractivity contribution < 1.29 is 27.6 Å². The Labute approximate surface area is 112 Å². The molecule has 1 aromatic carbocycles. The zero-order chi connectivity index (χ0) is 14.8. The van der Waals surface area contributed by atoms with Crippen LogP contribution in [0.15, 0.2) is 17.0 Å². The third-order valence-corrected chi connectivity index (χ3v) is 3.45. The van der Waals surface area contributed by atoms with E-state index in [1.165, 1.54) is 0 Å². The molecule has 8 nitrogen and oxygen atoms in total. The SMILES string of the molecule is COC(=O)c1cc([N+](=O)[O-])c(OC)c(S(=O)(=O)Cl)c1. The van der Waals surface area contributed by atoms with Gasteiger partial charge in [0.15, 0.2) is 0 Å². The van der Waals surface area contributed by atoms with Gasteiger partial charge < -0.3 is 9.47 Å². The highest BCUT2D eigenvalue weighted by atomic mass is 35.7. The van der Waals surface area contributed by atoms with Crippen LogP contribution < -0.4 is 4.74 Å². The average Bonchev–Trinajstić information content (AvgIpc) is 2.34. The molecule has 0 N–H and O–H groups in total. The predicted molar refractivity (Wildman–Crippen MR) is 64.0 cm³/mol. The minimum atomic E-state index is -4.33. The van der Waals surface area contributed by atoms with E-state index in [1.54, 1.807) is 0 Å². The van der Waals surface area contributed by atoms with Gasteiger partial charge in [-0.1, -0.05) is 0 Å². The van der Waals surface area contributed by atoms with Crippen LogP contribution in [-0.4, -0.2) is 33.5 Å². The molecule has 0 amide bonds. The number of nitro benzene ring substituents is 1. The van der Waals surface area contributed by atoms with E-state index in [-0.39, 0.29) is 5.56 Å². The molecular weight excluding hydrogens is 302 g/mol. The van der Waals surface area contributed by atoms with Gasteiger partial charge in [-0.25, -0.2) is 13.2 Å². The summed E-state index contributed by atoms with van der Waals surface area (Å²) in [6.45, 7) is 0. The third-order valence-electron chi connectivity index (χ3n) is 2.12. The van der Waals surface area contributed by atoms with Crippen LogP contribution in [-0.2, 0) is 13.8 Å². The molecule has 19 heavy (non-hydrogen) atoms. The number of halogens is 1. The lowest BCUT2D eigenvalue weighted by molar-refractivity contribution is -0.386. The lowest BCUT2D eigenvalue weighted by Crippen LogP contribution is -2.07. The first-order valence-corrected chi connectivity index (χ1v) is 6.92. The van der Waals surface area contributed by atoms with Gasteiger partial charge in [0.05, 0.1) is 24.7 Å². The monoisotopic (exact) mass is 309 g/mol. The van der Waals surface area contributed by atoms with Crippen LogP contribution in [0.5, 0.6) is 5.75 Å². The third kappa shape index (κ3) is 3.12. The van der Waals surface area contributed by atoms with Crippen LogP contribution >= 0.6 is 10.7 Å². The summed E-state index contributed by atoms with van der Waals surface area (Å²) >= 11 is 0. The Balaban J connectivity index is 3.74. The molecule has 0 aliphatic rings. The molecule has 0 radical (unpaired) electrons. The number of ether oxygens (including phenoxy) is 2. The van der Waals surface area contributed by atoms with Crippen molar-refractivity contribution in [2.75, 3.05) is 14.2 Å². The van der Waals surface area contributed by atoms with Gasteiger partial charge in [-0.15, -0.1) is 0 Å². The quantitative estimate of drug-likeness (QED) is 0.356. The first-order chi connectivity index (χ1) is 8.72. The summed E-state index contributed by atoms with van der Waals surface area (Å²) in [7, 11) is 2.92. The number of hydrogen-bond donors (Lipinski definition) is 0. The van der Waals surface area contributed by atoms with Crippen molar-refractivity contribution in [3.63, 3.8) is 0 Å². The highest BCUT2D eigenvalue weighted by Gasteiger charge is 2.29. The van der Waals surface area contributed by atoms with Crippen molar-refractivity contribution in [3.05, 3.63) is 27.8 Å². The molecule has 0 fully saturated rings. The summed E-state index contributed by atoms with van der Waals surface area (Å²) in [6, 6.07) is 1.69. The van der Waals surface area contributed by atoms with Gasteiger partial charge in [-0.3, -0.25) is 10.1 Å². The number of rotatable bonds is 4. The van der Waals surface area contributed by atoms with E-state index < -0.39 is 36.3 Å². The Bertz CT molecular complexity index is 640. The molecular formula is C9H8ClNO7S. The fourth-order valence-corrected chi connectivity index (χ4v) is 2.37. The summed E-state index contributed by atoms with van der Waals surface area (Å²) in [5, 5.41) is 10.9. The fourth-order valence-electron chi connectivity index (χ4n) is 1.35. The van der Waals surface area contributed by atoms with Gasteiger partial charge in [0.25, 0.3) is 9.05 Å². The van der Waals surface area contributed by atoms with E-state index in [9.17, 15) is 23.3 Å². The molecule has 0 unspecified atom stereocenters. The molecule has 0 heterocycles. The van der Waals surface area contributed by atoms with Crippen molar-refractivity contribution in [3.8, 4) is 5.75 Å². The Hall–Kier alpha value is -1.87. The molecule has 10 heteroatoms. The summed E-state index contributed by atoms with van der Waals surface area (Å²) in [5.41, 5.74) is -1.03. The lowest BCUT2D eigenvalue weighted by atomic mass is 10.2. The normalized spacial score (nSPS) is 10.9. The second kappa shape index (κ2) is 5.41. The molecule has 0 aliphatic carbocycles. The Kier molecular flexibility index (Phi) is 4.32. The van der Waals surface area contributed by atoms with E-state index in [4.69, 9.17) is 10.7 Å². The topological polar surface area (TPSA) is 113 Å². The molecule has 1 rings (SSSR count). The van der Waals surface area contributed by atoms with Crippen molar-refractivity contribution in [1.82, 2.24) is 0 Å². The van der Waals surface area contributed by atoms with E-state index >= 15 is 0 Å².